The van der Waals surface area contributed by atoms with E-state index in [-0.39, 0.29) is 0 Å². The first-order chi connectivity index (χ1) is 6.79. The molecule has 1 aromatic rings. The molecule has 0 bridgehead atoms. The van der Waals surface area contributed by atoms with Gasteiger partial charge in [-0.2, -0.15) is 0 Å². The Hall–Kier alpha value is -1.31. The van der Waals surface area contributed by atoms with Gasteiger partial charge in [-0.3, -0.25) is 4.98 Å². The Morgan fingerprint density at radius 2 is 2.14 bits per heavy atom. The van der Waals surface area contributed by atoms with Crippen molar-refractivity contribution in [1.29, 1.82) is 0 Å². The molecule has 2 rings (SSSR count). The van der Waals surface area contributed by atoms with Crippen LogP contribution in [0.4, 0.5) is 5.69 Å². The second-order valence-electron chi connectivity index (χ2n) is 3.88. The quantitative estimate of drug-likeness (QED) is 0.736. The first kappa shape index (κ1) is 9.25. The molecule has 1 aliphatic rings. The molecule has 2 heteroatoms. The fraction of sp³-hybridized carbons (Fsp3) is 0.417. The third-order valence-corrected chi connectivity index (χ3v) is 2.89. The van der Waals surface area contributed by atoms with Crippen molar-refractivity contribution < 1.29 is 0 Å². The lowest BCUT2D eigenvalue weighted by Crippen LogP contribution is -1.99. The Balaban J connectivity index is 2.40. The van der Waals surface area contributed by atoms with Gasteiger partial charge in [0, 0.05) is 11.8 Å². The minimum Gasteiger partial charge on any atom is -0.397 e. The van der Waals surface area contributed by atoms with E-state index in [9.17, 15) is 0 Å². The largest absolute Gasteiger partial charge is 0.397 e. The van der Waals surface area contributed by atoms with E-state index in [2.05, 4.69) is 18.0 Å². The van der Waals surface area contributed by atoms with Gasteiger partial charge in [-0.05, 0) is 43.7 Å². The van der Waals surface area contributed by atoms with Gasteiger partial charge < -0.3 is 5.73 Å². The second kappa shape index (κ2) is 3.82. The molecule has 2 N–H and O–H groups in total. The first-order valence-electron chi connectivity index (χ1n) is 5.18. The van der Waals surface area contributed by atoms with Crippen molar-refractivity contribution >= 4 is 11.3 Å². The fourth-order valence-corrected chi connectivity index (χ4v) is 1.95. The molecule has 0 fully saturated rings. The normalized spacial score (nSPS) is 16.5. The van der Waals surface area contributed by atoms with Gasteiger partial charge in [0.15, 0.2) is 0 Å². The average molecular weight is 188 g/mol. The molecule has 0 aromatic carbocycles. The number of nitrogens with zero attached hydrogens (tertiary/aromatic N) is 1. The van der Waals surface area contributed by atoms with Crippen LogP contribution in [0.5, 0.6) is 0 Å². The second-order valence-corrected chi connectivity index (χ2v) is 3.88. The van der Waals surface area contributed by atoms with Crippen molar-refractivity contribution in [2.45, 2.75) is 32.6 Å². The smallest absolute Gasteiger partial charge is 0.0536 e. The Morgan fingerprint density at radius 1 is 1.29 bits per heavy atom. The zero-order valence-electron chi connectivity index (χ0n) is 8.59. The van der Waals surface area contributed by atoms with Crippen LogP contribution in [0.3, 0.4) is 0 Å². The van der Waals surface area contributed by atoms with Gasteiger partial charge in [0.05, 0.1) is 11.9 Å². The van der Waals surface area contributed by atoms with Gasteiger partial charge in [-0.1, -0.05) is 6.08 Å². The van der Waals surface area contributed by atoms with Gasteiger partial charge in [0.1, 0.15) is 0 Å². The van der Waals surface area contributed by atoms with Crippen molar-refractivity contribution in [3.63, 3.8) is 0 Å². The van der Waals surface area contributed by atoms with Crippen molar-refractivity contribution in [3.8, 4) is 0 Å². The van der Waals surface area contributed by atoms with E-state index >= 15 is 0 Å². The van der Waals surface area contributed by atoms with E-state index in [1.54, 1.807) is 6.20 Å². The maximum atomic E-state index is 5.84. The molecule has 14 heavy (non-hydrogen) atoms. The molecule has 0 spiro atoms. The van der Waals surface area contributed by atoms with Crippen molar-refractivity contribution in [1.82, 2.24) is 4.98 Å². The Labute approximate surface area is 84.9 Å². The predicted octanol–water partition coefficient (Wildman–Crippen LogP) is 2.93. The van der Waals surface area contributed by atoms with Crippen molar-refractivity contribution in [3.05, 3.63) is 29.6 Å². The Bertz CT molecular complexity index is 367. The molecule has 0 amide bonds. The summed E-state index contributed by atoms with van der Waals surface area (Å²) >= 11 is 0. The Kier molecular flexibility index (Phi) is 2.53. The number of nitrogens with two attached hydrogens (primary N) is 1. The number of hydrogen-bond acceptors (Lipinski definition) is 2. The van der Waals surface area contributed by atoms with Crippen LogP contribution in [0.1, 0.15) is 36.8 Å². The zero-order valence-corrected chi connectivity index (χ0v) is 8.59. The zero-order chi connectivity index (χ0) is 9.97. The molecule has 0 aliphatic heterocycles. The van der Waals surface area contributed by atoms with Crippen LogP contribution in [-0.2, 0) is 0 Å². The third kappa shape index (κ3) is 1.65. The number of nitrogen functional groups attached to an aromatic ring is 1. The van der Waals surface area contributed by atoms with Gasteiger partial charge >= 0.3 is 0 Å². The number of rotatable bonds is 1. The van der Waals surface area contributed by atoms with E-state index in [1.807, 2.05) is 6.20 Å². The molecular formula is C12H16N2. The summed E-state index contributed by atoms with van der Waals surface area (Å²) in [5.41, 5.74) is 10.5. The van der Waals surface area contributed by atoms with Crippen LogP contribution in [-0.4, -0.2) is 4.98 Å². The lowest BCUT2D eigenvalue weighted by Gasteiger charge is -2.15. The van der Waals surface area contributed by atoms with Crippen LogP contribution in [0.2, 0.25) is 0 Å². The lowest BCUT2D eigenvalue weighted by atomic mass is 9.92. The summed E-state index contributed by atoms with van der Waals surface area (Å²) in [5, 5.41) is 0. The summed E-state index contributed by atoms with van der Waals surface area (Å²) in [6, 6.07) is 0. The molecule has 74 valence electrons. The first-order valence-corrected chi connectivity index (χ1v) is 5.18. The topological polar surface area (TPSA) is 38.9 Å². The number of pyridine rings is 1. The summed E-state index contributed by atoms with van der Waals surface area (Å²) in [5.74, 6) is 0. The summed E-state index contributed by atoms with van der Waals surface area (Å²) < 4.78 is 0. The molecule has 1 aromatic heterocycles. The molecule has 0 radical (unpaired) electrons. The van der Waals surface area contributed by atoms with Crippen LogP contribution in [0.25, 0.3) is 5.57 Å². The molecule has 0 saturated carbocycles. The van der Waals surface area contributed by atoms with Gasteiger partial charge in [-0.25, -0.2) is 0 Å². The van der Waals surface area contributed by atoms with Gasteiger partial charge in [0.25, 0.3) is 0 Å². The minimum absolute atomic E-state index is 0.800. The number of hydrogen-bond donors (Lipinski definition) is 1. The maximum Gasteiger partial charge on any atom is 0.0536 e. The van der Waals surface area contributed by atoms with Gasteiger partial charge in [0.2, 0.25) is 0 Å². The summed E-state index contributed by atoms with van der Waals surface area (Å²) in [6.45, 7) is 2.07. The van der Waals surface area contributed by atoms with Crippen LogP contribution in [0.15, 0.2) is 18.5 Å². The molecular weight excluding hydrogens is 172 g/mol. The van der Waals surface area contributed by atoms with Crippen molar-refractivity contribution in [2.24, 2.45) is 0 Å². The van der Waals surface area contributed by atoms with Crippen LogP contribution >= 0.6 is 0 Å². The van der Waals surface area contributed by atoms with Gasteiger partial charge in [-0.15, -0.1) is 0 Å². The third-order valence-electron chi connectivity index (χ3n) is 2.89. The lowest BCUT2D eigenvalue weighted by molar-refractivity contribution is 0.741. The average Bonchev–Trinajstić information content (AvgIpc) is 2.23. The maximum absolute atomic E-state index is 5.84. The highest BCUT2D eigenvalue weighted by atomic mass is 14.7. The monoisotopic (exact) mass is 188 g/mol. The highest BCUT2D eigenvalue weighted by molar-refractivity contribution is 5.71. The highest BCUT2D eigenvalue weighted by Gasteiger charge is 2.09. The van der Waals surface area contributed by atoms with E-state index < -0.39 is 0 Å². The summed E-state index contributed by atoms with van der Waals surface area (Å²) in [4.78, 5) is 4.15. The number of aromatic nitrogens is 1. The molecule has 1 aliphatic carbocycles. The van der Waals surface area contributed by atoms with E-state index in [4.69, 9.17) is 5.73 Å². The molecule has 2 nitrogen and oxygen atoms in total. The molecule has 0 saturated heterocycles. The summed E-state index contributed by atoms with van der Waals surface area (Å²) in [6.07, 6.45) is 11.0. The molecule has 0 atom stereocenters. The highest BCUT2D eigenvalue weighted by Crippen LogP contribution is 2.29. The SMILES string of the molecule is Cc1c(N)cncc1C1=CCCCC1. The van der Waals surface area contributed by atoms with Crippen molar-refractivity contribution in [2.75, 3.05) is 5.73 Å². The number of allylic oxidation sites excluding steroid dienone is 2. The van der Waals surface area contributed by atoms with E-state index in [0.717, 1.165) is 5.69 Å². The molecule has 0 unspecified atom stereocenters. The van der Waals surface area contributed by atoms with Crippen LogP contribution < -0.4 is 5.73 Å². The Morgan fingerprint density at radius 3 is 2.86 bits per heavy atom. The number of anilines is 1. The van der Waals surface area contributed by atoms with E-state index in [1.165, 1.54) is 42.4 Å². The van der Waals surface area contributed by atoms with Crippen LogP contribution in [0, 0.1) is 6.92 Å². The van der Waals surface area contributed by atoms with E-state index in [0.29, 0.717) is 0 Å². The molecule has 1 heterocycles. The fourth-order valence-electron chi connectivity index (χ4n) is 1.95. The minimum atomic E-state index is 0.800. The predicted molar refractivity (Wildman–Crippen MR) is 59.8 cm³/mol. The standard InChI is InChI=1S/C12H16N2/c1-9-11(7-14-8-12(9)13)10-5-3-2-4-6-10/h5,7-8H,2-4,6,13H2,1H3. The summed E-state index contributed by atoms with van der Waals surface area (Å²) in [7, 11) is 0.